The van der Waals surface area contributed by atoms with Gasteiger partial charge in [0.05, 0.1) is 12.8 Å². The Morgan fingerprint density at radius 1 is 1.00 bits per heavy atom. The maximum atomic E-state index is 13.7. The highest BCUT2D eigenvalue weighted by atomic mass is 35.5. The lowest BCUT2D eigenvalue weighted by molar-refractivity contribution is -0.121. The van der Waals surface area contributed by atoms with Gasteiger partial charge >= 0.3 is 16.2 Å². The van der Waals surface area contributed by atoms with Gasteiger partial charge in [0.15, 0.2) is 0 Å². The molecular formula is C25H24Cl2N4O5S. The van der Waals surface area contributed by atoms with Crippen LogP contribution in [0.4, 0.5) is 16.2 Å². The summed E-state index contributed by atoms with van der Waals surface area (Å²) in [5.74, 6) is -0.118. The topological polar surface area (TPSA) is 117 Å². The van der Waals surface area contributed by atoms with E-state index in [0.29, 0.717) is 17.9 Å². The zero-order valence-electron chi connectivity index (χ0n) is 19.9. The summed E-state index contributed by atoms with van der Waals surface area (Å²) in [5.41, 5.74) is 0.137. The van der Waals surface area contributed by atoms with Gasteiger partial charge in [0.2, 0.25) is 0 Å². The Hall–Kier alpha value is -3.47. The Bertz CT molecular complexity index is 1400. The predicted molar refractivity (Wildman–Crippen MR) is 144 cm³/mol. The zero-order chi connectivity index (χ0) is 26.8. The molecule has 3 amide bonds. The number of methoxy groups -OCH3 is 1. The third-order valence-electron chi connectivity index (χ3n) is 5.99. The van der Waals surface area contributed by atoms with Crippen molar-refractivity contribution in [2.75, 3.05) is 23.8 Å². The van der Waals surface area contributed by atoms with Crippen molar-refractivity contribution in [2.45, 2.75) is 17.9 Å². The number of halogens is 2. The van der Waals surface area contributed by atoms with Crippen molar-refractivity contribution < 1.29 is 22.7 Å². The maximum Gasteiger partial charge on any atom is 0.330 e. The van der Waals surface area contributed by atoms with Crippen LogP contribution in [0.1, 0.15) is 17.9 Å². The second-order valence-corrected chi connectivity index (χ2v) is 10.8. The van der Waals surface area contributed by atoms with Gasteiger partial charge in [0.1, 0.15) is 11.3 Å². The number of likely N-dealkylation sites (N-methyl/N-ethyl adjacent to an activating group) is 1. The molecular weight excluding hydrogens is 539 g/mol. The van der Waals surface area contributed by atoms with Crippen LogP contribution in [0.3, 0.4) is 0 Å². The van der Waals surface area contributed by atoms with Gasteiger partial charge in [-0.3, -0.25) is 9.52 Å². The van der Waals surface area contributed by atoms with Gasteiger partial charge in [-0.05, 0) is 54.4 Å². The first-order chi connectivity index (χ1) is 17.5. The molecule has 2 atom stereocenters. The van der Waals surface area contributed by atoms with Crippen molar-refractivity contribution in [1.29, 1.82) is 0 Å². The highest BCUT2D eigenvalue weighted by Crippen LogP contribution is 2.52. The molecule has 1 aliphatic rings. The van der Waals surface area contributed by atoms with Gasteiger partial charge in [-0.25, -0.2) is 9.52 Å². The zero-order valence-corrected chi connectivity index (χ0v) is 22.2. The van der Waals surface area contributed by atoms with Gasteiger partial charge in [-0.2, -0.15) is 8.42 Å². The number of anilines is 2. The van der Waals surface area contributed by atoms with E-state index in [2.05, 4.69) is 10.0 Å². The average Bonchev–Trinajstić information content (AvgIpc) is 3.57. The van der Waals surface area contributed by atoms with Gasteiger partial charge in [-0.1, -0.05) is 53.5 Å². The van der Waals surface area contributed by atoms with E-state index < -0.39 is 27.7 Å². The largest absolute Gasteiger partial charge is 0.497 e. The molecule has 0 aromatic heterocycles. The Balaban J connectivity index is 1.55. The molecule has 1 fully saturated rings. The fraction of sp³-hybridized carbons (Fsp3) is 0.200. The molecule has 0 spiro atoms. The number of benzene rings is 3. The van der Waals surface area contributed by atoms with Crippen molar-refractivity contribution >= 4 is 56.7 Å². The minimum absolute atomic E-state index is 0.0661. The Kier molecular flexibility index (Phi) is 7.54. The van der Waals surface area contributed by atoms with Crippen LogP contribution in [0, 0.1) is 0 Å². The lowest BCUT2D eigenvalue weighted by Gasteiger charge is -2.26. The van der Waals surface area contributed by atoms with E-state index in [1.165, 1.54) is 23.1 Å². The molecule has 0 heterocycles. The SMILES string of the molecule is COc1ccc(N(C)C(=O)C2(NC(=O)NS(=O)(=O)Nc3cc(Cl)cc(Cl)c3)C[C@@H]2c2ccccc2)cc1. The number of amides is 3. The molecule has 9 nitrogen and oxygen atoms in total. The van der Waals surface area contributed by atoms with Crippen molar-refractivity contribution in [1.82, 2.24) is 10.0 Å². The van der Waals surface area contributed by atoms with E-state index in [1.807, 2.05) is 35.1 Å². The summed E-state index contributed by atoms with van der Waals surface area (Å²) >= 11 is 11.8. The highest BCUT2D eigenvalue weighted by Gasteiger charge is 2.63. The number of rotatable bonds is 8. The molecule has 3 aromatic rings. The minimum Gasteiger partial charge on any atom is -0.497 e. The summed E-state index contributed by atoms with van der Waals surface area (Å²) in [5, 5.41) is 3.04. The van der Waals surface area contributed by atoms with Crippen molar-refractivity contribution in [3.63, 3.8) is 0 Å². The quantitative estimate of drug-likeness (QED) is 0.372. The van der Waals surface area contributed by atoms with Crippen LogP contribution in [-0.4, -0.2) is 40.1 Å². The highest BCUT2D eigenvalue weighted by molar-refractivity contribution is 7.91. The van der Waals surface area contributed by atoms with Gasteiger partial charge in [0, 0.05) is 28.7 Å². The van der Waals surface area contributed by atoms with Crippen LogP contribution in [0.15, 0.2) is 72.8 Å². The molecule has 3 N–H and O–H groups in total. The van der Waals surface area contributed by atoms with Crippen molar-refractivity contribution in [3.05, 3.63) is 88.4 Å². The molecule has 1 aliphatic carbocycles. The van der Waals surface area contributed by atoms with Crippen molar-refractivity contribution in [3.8, 4) is 5.75 Å². The van der Waals surface area contributed by atoms with E-state index >= 15 is 0 Å². The Morgan fingerprint density at radius 2 is 1.62 bits per heavy atom. The fourth-order valence-corrected chi connectivity index (χ4v) is 5.44. The summed E-state index contributed by atoms with van der Waals surface area (Å²) in [4.78, 5) is 28.0. The molecule has 0 bridgehead atoms. The second kappa shape index (κ2) is 10.5. The lowest BCUT2D eigenvalue weighted by Crippen LogP contribution is -2.55. The molecule has 0 saturated heterocycles. The number of carbonyl (C=O) groups is 2. The standard InChI is InChI=1S/C25H24Cl2N4O5S/c1-31(20-8-10-21(36-2)11-9-20)23(32)25(15-22(25)16-6-4-3-5-7-16)28-24(33)30-37(34,35)29-19-13-17(26)12-18(27)14-19/h3-14,22,29H,15H2,1-2H3,(H2,28,30,33)/t22-,25?/m1/s1. The van der Waals surface area contributed by atoms with E-state index in [1.54, 1.807) is 38.4 Å². The first-order valence-electron chi connectivity index (χ1n) is 11.1. The third-order valence-corrected chi connectivity index (χ3v) is 7.38. The van der Waals surface area contributed by atoms with Crippen molar-refractivity contribution in [2.24, 2.45) is 0 Å². The number of carbonyl (C=O) groups excluding carboxylic acids is 2. The molecule has 194 valence electrons. The van der Waals surface area contributed by atoms with Crippen LogP contribution in [0.5, 0.6) is 5.75 Å². The molecule has 37 heavy (non-hydrogen) atoms. The van der Waals surface area contributed by atoms with E-state index in [-0.39, 0.29) is 21.7 Å². The minimum atomic E-state index is -4.37. The second-order valence-electron chi connectivity index (χ2n) is 8.52. The monoisotopic (exact) mass is 562 g/mol. The summed E-state index contributed by atoms with van der Waals surface area (Å²) in [6, 6.07) is 19.1. The van der Waals surface area contributed by atoms with Gasteiger partial charge in [0.25, 0.3) is 5.91 Å². The number of ether oxygens (including phenoxy) is 1. The first-order valence-corrected chi connectivity index (χ1v) is 13.3. The average molecular weight is 563 g/mol. The van der Waals surface area contributed by atoms with E-state index in [0.717, 1.165) is 5.56 Å². The van der Waals surface area contributed by atoms with Crippen LogP contribution in [0.25, 0.3) is 0 Å². The summed E-state index contributed by atoms with van der Waals surface area (Å²) in [6.07, 6.45) is 0.293. The molecule has 0 radical (unpaired) electrons. The summed E-state index contributed by atoms with van der Waals surface area (Å²) < 4.78 is 34.5. The number of hydrogen-bond acceptors (Lipinski definition) is 5. The number of nitrogens with zero attached hydrogens (tertiary/aromatic N) is 1. The molecule has 12 heteroatoms. The molecule has 1 saturated carbocycles. The smallest absolute Gasteiger partial charge is 0.330 e. The Morgan fingerprint density at radius 3 is 2.22 bits per heavy atom. The van der Waals surface area contributed by atoms with Gasteiger partial charge < -0.3 is 15.0 Å². The van der Waals surface area contributed by atoms with Gasteiger partial charge in [-0.15, -0.1) is 0 Å². The molecule has 4 rings (SSSR count). The first kappa shape index (κ1) is 26.6. The number of urea groups is 1. The van der Waals surface area contributed by atoms with Crippen LogP contribution in [0.2, 0.25) is 10.0 Å². The van der Waals surface area contributed by atoms with E-state index in [9.17, 15) is 18.0 Å². The van der Waals surface area contributed by atoms with Crippen LogP contribution in [-0.2, 0) is 15.0 Å². The number of hydrogen-bond donors (Lipinski definition) is 3. The number of nitrogens with one attached hydrogen (secondary N) is 3. The molecule has 1 unspecified atom stereocenters. The lowest BCUT2D eigenvalue weighted by atomic mass is 10.0. The van der Waals surface area contributed by atoms with Crippen LogP contribution < -0.4 is 24.4 Å². The fourth-order valence-electron chi connectivity index (χ4n) is 4.14. The van der Waals surface area contributed by atoms with Crippen LogP contribution >= 0.6 is 23.2 Å². The predicted octanol–water partition coefficient (Wildman–Crippen LogP) is 4.55. The normalized spacial score (nSPS) is 18.4. The third kappa shape index (κ3) is 6.10. The van der Waals surface area contributed by atoms with E-state index in [4.69, 9.17) is 27.9 Å². The summed E-state index contributed by atoms with van der Waals surface area (Å²) in [6.45, 7) is 0. The molecule has 0 aliphatic heterocycles. The Labute approximate surface area is 224 Å². The molecule has 3 aromatic carbocycles. The summed E-state index contributed by atoms with van der Waals surface area (Å²) in [7, 11) is -1.24. The maximum absolute atomic E-state index is 13.7.